The Kier molecular flexibility index (Phi) is 8.07. The van der Waals surface area contributed by atoms with Gasteiger partial charge in [0.1, 0.15) is 24.2 Å². The summed E-state index contributed by atoms with van der Waals surface area (Å²) in [5.74, 6) is 1.47. The molecule has 1 rings (SSSR count). The maximum Gasteiger partial charge on any atom is 0.123 e. The predicted molar refractivity (Wildman–Crippen MR) is 81.5 cm³/mol. The van der Waals surface area contributed by atoms with Crippen LogP contribution < -0.4 is 14.8 Å². The largest absolute Gasteiger partial charge is 0.497 e. The number of benzene rings is 1. The fourth-order valence-electron chi connectivity index (χ4n) is 2.04. The molecule has 114 valence electrons. The lowest BCUT2D eigenvalue weighted by Gasteiger charge is -2.19. The molecule has 0 saturated carbocycles. The van der Waals surface area contributed by atoms with Gasteiger partial charge in [-0.05, 0) is 25.0 Å². The van der Waals surface area contributed by atoms with Gasteiger partial charge in [-0.1, -0.05) is 26.3 Å². The number of rotatable bonds is 10. The van der Waals surface area contributed by atoms with E-state index in [0.717, 1.165) is 25.0 Å². The molecular weight excluding hydrogens is 254 g/mol. The van der Waals surface area contributed by atoms with Gasteiger partial charge in [0.05, 0.1) is 7.11 Å². The maximum atomic E-state index is 9.93. The molecule has 0 amide bonds. The van der Waals surface area contributed by atoms with Crippen LogP contribution in [0.1, 0.15) is 33.1 Å². The van der Waals surface area contributed by atoms with Crippen LogP contribution in [0.4, 0.5) is 0 Å². The standard InChI is InChI=1S/C16H27NO3/c1-4-7-13(5-2)17-11-14(18)12-20-16-9-6-8-15(10-16)19-3/h6,8-10,13-14,17-18H,4-5,7,11-12H2,1-3H3. The molecular formula is C16H27NO3. The molecule has 0 aliphatic rings. The van der Waals surface area contributed by atoms with Crippen LogP contribution in [-0.4, -0.2) is 37.5 Å². The van der Waals surface area contributed by atoms with Gasteiger partial charge in [-0.15, -0.1) is 0 Å². The highest BCUT2D eigenvalue weighted by Crippen LogP contribution is 2.18. The first-order valence-electron chi connectivity index (χ1n) is 7.37. The minimum absolute atomic E-state index is 0.280. The number of aliphatic hydroxyl groups is 1. The van der Waals surface area contributed by atoms with Crippen molar-refractivity contribution < 1.29 is 14.6 Å². The molecule has 20 heavy (non-hydrogen) atoms. The first-order valence-corrected chi connectivity index (χ1v) is 7.37. The van der Waals surface area contributed by atoms with Crippen LogP contribution in [0.15, 0.2) is 24.3 Å². The molecule has 2 N–H and O–H groups in total. The summed E-state index contributed by atoms with van der Waals surface area (Å²) in [5, 5.41) is 13.3. The van der Waals surface area contributed by atoms with Crippen molar-refractivity contribution >= 4 is 0 Å². The average molecular weight is 281 g/mol. The second-order valence-corrected chi connectivity index (χ2v) is 4.95. The lowest BCUT2D eigenvalue weighted by Crippen LogP contribution is -2.37. The van der Waals surface area contributed by atoms with E-state index in [9.17, 15) is 5.11 Å². The third-order valence-corrected chi connectivity index (χ3v) is 3.26. The third kappa shape index (κ3) is 6.26. The number of hydrogen-bond donors (Lipinski definition) is 2. The van der Waals surface area contributed by atoms with E-state index in [1.807, 2.05) is 24.3 Å². The Hall–Kier alpha value is -1.26. The van der Waals surface area contributed by atoms with E-state index >= 15 is 0 Å². The van der Waals surface area contributed by atoms with Gasteiger partial charge in [-0.3, -0.25) is 0 Å². The molecule has 0 aliphatic carbocycles. The van der Waals surface area contributed by atoms with E-state index in [2.05, 4.69) is 19.2 Å². The topological polar surface area (TPSA) is 50.7 Å². The zero-order valence-electron chi connectivity index (χ0n) is 12.8. The van der Waals surface area contributed by atoms with Crippen LogP contribution in [0, 0.1) is 0 Å². The van der Waals surface area contributed by atoms with E-state index in [1.54, 1.807) is 7.11 Å². The molecule has 0 radical (unpaired) electrons. The Morgan fingerprint density at radius 3 is 2.65 bits per heavy atom. The normalized spacial score (nSPS) is 13.8. The lowest BCUT2D eigenvalue weighted by molar-refractivity contribution is 0.103. The van der Waals surface area contributed by atoms with Crippen LogP contribution in [-0.2, 0) is 0 Å². The first kappa shape index (κ1) is 16.8. The van der Waals surface area contributed by atoms with Gasteiger partial charge >= 0.3 is 0 Å². The minimum Gasteiger partial charge on any atom is -0.497 e. The summed E-state index contributed by atoms with van der Waals surface area (Å²) in [6, 6.07) is 7.88. The molecule has 0 aliphatic heterocycles. The molecule has 0 heterocycles. The Labute approximate surface area is 122 Å². The smallest absolute Gasteiger partial charge is 0.123 e. The molecule has 2 atom stereocenters. The lowest BCUT2D eigenvalue weighted by atomic mass is 10.1. The van der Waals surface area contributed by atoms with Crippen molar-refractivity contribution in [1.82, 2.24) is 5.32 Å². The van der Waals surface area contributed by atoms with Crippen molar-refractivity contribution in [2.45, 2.75) is 45.3 Å². The molecule has 0 bridgehead atoms. The third-order valence-electron chi connectivity index (χ3n) is 3.26. The van der Waals surface area contributed by atoms with Gasteiger partial charge in [-0.2, -0.15) is 0 Å². The second-order valence-electron chi connectivity index (χ2n) is 4.95. The number of hydrogen-bond acceptors (Lipinski definition) is 4. The summed E-state index contributed by atoms with van der Waals surface area (Å²) < 4.78 is 10.7. The monoisotopic (exact) mass is 281 g/mol. The zero-order chi connectivity index (χ0) is 14.8. The highest BCUT2D eigenvalue weighted by molar-refractivity contribution is 5.32. The summed E-state index contributed by atoms with van der Waals surface area (Å²) in [6.45, 7) is 5.17. The average Bonchev–Trinajstić information content (AvgIpc) is 2.49. The van der Waals surface area contributed by atoms with E-state index in [4.69, 9.17) is 9.47 Å². The van der Waals surface area contributed by atoms with E-state index in [0.29, 0.717) is 18.3 Å². The van der Waals surface area contributed by atoms with Gasteiger partial charge in [-0.25, -0.2) is 0 Å². The summed E-state index contributed by atoms with van der Waals surface area (Å²) in [6.07, 6.45) is 2.87. The van der Waals surface area contributed by atoms with Crippen molar-refractivity contribution in [2.75, 3.05) is 20.3 Å². The van der Waals surface area contributed by atoms with Gasteiger partial charge in [0.25, 0.3) is 0 Å². The Morgan fingerprint density at radius 1 is 1.25 bits per heavy atom. The van der Waals surface area contributed by atoms with Crippen molar-refractivity contribution in [3.05, 3.63) is 24.3 Å². The summed E-state index contributed by atoms with van der Waals surface area (Å²) >= 11 is 0. The zero-order valence-corrected chi connectivity index (χ0v) is 12.8. The maximum absolute atomic E-state index is 9.93. The molecule has 1 aromatic carbocycles. The molecule has 2 unspecified atom stereocenters. The van der Waals surface area contributed by atoms with Gasteiger partial charge in [0, 0.05) is 18.7 Å². The van der Waals surface area contributed by atoms with Crippen LogP contribution in [0.3, 0.4) is 0 Å². The fourth-order valence-corrected chi connectivity index (χ4v) is 2.04. The molecule has 0 saturated heterocycles. The second kappa shape index (κ2) is 9.61. The van der Waals surface area contributed by atoms with E-state index in [1.165, 1.54) is 0 Å². The van der Waals surface area contributed by atoms with Crippen LogP contribution in [0.25, 0.3) is 0 Å². The van der Waals surface area contributed by atoms with Crippen molar-refractivity contribution in [3.63, 3.8) is 0 Å². The fraction of sp³-hybridized carbons (Fsp3) is 0.625. The number of nitrogens with one attached hydrogen (secondary N) is 1. The van der Waals surface area contributed by atoms with Crippen LogP contribution in [0.5, 0.6) is 11.5 Å². The van der Waals surface area contributed by atoms with Crippen molar-refractivity contribution in [1.29, 1.82) is 0 Å². The van der Waals surface area contributed by atoms with Gasteiger partial charge < -0.3 is 19.9 Å². The highest BCUT2D eigenvalue weighted by atomic mass is 16.5. The van der Waals surface area contributed by atoms with Crippen molar-refractivity contribution in [3.8, 4) is 11.5 Å². The molecule has 0 fully saturated rings. The van der Waals surface area contributed by atoms with Gasteiger partial charge in [0.2, 0.25) is 0 Å². The number of methoxy groups -OCH3 is 1. The number of ether oxygens (including phenoxy) is 2. The molecule has 0 aromatic heterocycles. The molecule has 0 spiro atoms. The quantitative estimate of drug-likeness (QED) is 0.692. The summed E-state index contributed by atoms with van der Waals surface area (Å²) in [7, 11) is 1.62. The minimum atomic E-state index is -0.507. The molecule has 4 heteroatoms. The predicted octanol–water partition coefficient (Wildman–Crippen LogP) is 2.60. The molecule has 1 aromatic rings. The Morgan fingerprint density at radius 2 is 2.00 bits per heavy atom. The first-order chi connectivity index (χ1) is 9.69. The van der Waals surface area contributed by atoms with E-state index in [-0.39, 0.29) is 6.61 Å². The highest BCUT2D eigenvalue weighted by Gasteiger charge is 2.09. The SMILES string of the molecule is CCCC(CC)NCC(O)COc1cccc(OC)c1. The summed E-state index contributed by atoms with van der Waals surface area (Å²) in [4.78, 5) is 0. The van der Waals surface area contributed by atoms with Crippen LogP contribution in [0.2, 0.25) is 0 Å². The summed E-state index contributed by atoms with van der Waals surface area (Å²) in [5.41, 5.74) is 0. The van der Waals surface area contributed by atoms with Crippen molar-refractivity contribution in [2.24, 2.45) is 0 Å². The van der Waals surface area contributed by atoms with Gasteiger partial charge in [0.15, 0.2) is 0 Å². The Balaban J connectivity index is 2.29. The number of aliphatic hydroxyl groups excluding tert-OH is 1. The Bertz CT molecular complexity index is 370. The molecule has 4 nitrogen and oxygen atoms in total. The van der Waals surface area contributed by atoms with Crippen LogP contribution >= 0.6 is 0 Å². The van der Waals surface area contributed by atoms with E-state index < -0.39 is 6.10 Å².